The first-order chi connectivity index (χ1) is 6.11. The highest BCUT2D eigenvalue weighted by Gasteiger charge is 2.23. The molecular weight excluding hydrogens is 168 g/mol. The molecule has 2 amide bonds. The maximum Gasteiger partial charge on any atom is 0.243 e. The van der Waals surface area contributed by atoms with Crippen molar-refractivity contribution < 1.29 is 9.59 Å². The number of carbonyl (C=O) groups is 2. The van der Waals surface area contributed by atoms with Crippen LogP contribution in [0, 0.1) is 5.92 Å². The SMILES string of the molecule is CC(C)CC(=O)N1CCNCC1=O. The summed E-state index contributed by atoms with van der Waals surface area (Å²) in [6.07, 6.45) is 0.464. The average Bonchev–Trinajstić information content (AvgIpc) is 2.03. The lowest BCUT2D eigenvalue weighted by molar-refractivity contribution is -0.146. The zero-order valence-electron chi connectivity index (χ0n) is 8.17. The number of amides is 2. The third-order valence-corrected chi connectivity index (χ3v) is 1.97. The highest BCUT2D eigenvalue weighted by molar-refractivity contribution is 5.96. The van der Waals surface area contributed by atoms with Gasteiger partial charge >= 0.3 is 0 Å². The van der Waals surface area contributed by atoms with Crippen molar-refractivity contribution in [3.05, 3.63) is 0 Å². The number of rotatable bonds is 2. The van der Waals surface area contributed by atoms with E-state index in [1.807, 2.05) is 13.8 Å². The van der Waals surface area contributed by atoms with Crippen LogP contribution in [0.3, 0.4) is 0 Å². The van der Waals surface area contributed by atoms with Crippen LogP contribution >= 0.6 is 0 Å². The predicted octanol–water partition coefficient (Wildman–Crippen LogP) is -0.00910. The molecular formula is C9H16N2O2. The van der Waals surface area contributed by atoms with Gasteiger partial charge in [-0.25, -0.2) is 0 Å². The highest BCUT2D eigenvalue weighted by atomic mass is 16.2. The van der Waals surface area contributed by atoms with E-state index in [0.717, 1.165) is 6.54 Å². The normalized spacial score (nSPS) is 18.1. The molecule has 0 saturated carbocycles. The van der Waals surface area contributed by atoms with Gasteiger partial charge in [-0.05, 0) is 5.92 Å². The highest BCUT2D eigenvalue weighted by Crippen LogP contribution is 2.05. The van der Waals surface area contributed by atoms with Crippen LogP contribution in [0.1, 0.15) is 20.3 Å². The lowest BCUT2D eigenvalue weighted by Gasteiger charge is -2.26. The molecule has 0 aromatic carbocycles. The number of hydrogen-bond acceptors (Lipinski definition) is 3. The summed E-state index contributed by atoms with van der Waals surface area (Å²) in [5, 5.41) is 2.93. The first-order valence-electron chi connectivity index (χ1n) is 4.65. The van der Waals surface area contributed by atoms with E-state index >= 15 is 0 Å². The molecule has 1 aliphatic heterocycles. The first kappa shape index (κ1) is 10.2. The van der Waals surface area contributed by atoms with Gasteiger partial charge in [0.25, 0.3) is 0 Å². The molecule has 1 saturated heterocycles. The van der Waals surface area contributed by atoms with E-state index in [4.69, 9.17) is 0 Å². The number of nitrogens with one attached hydrogen (secondary N) is 1. The van der Waals surface area contributed by atoms with Gasteiger partial charge in [0, 0.05) is 19.5 Å². The number of carbonyl (C=O) groups excluding carboxylic acids is 2. The first-order valence-corrected chi connectivity index (χ1v) is 4.65. The maximum absolute atomic E-state index is 11.5. The van der Waals surface area contributed by atoms with Gasteiger partial charge in [-0.1, -0.05) is 13.8 Å². The van der Waals surface area contributed by atoms with Crippen LogP contribution in [-0.2, 0) is 9.59 Å². The van der Waals surface area contributed by atoms with Gasteiger partial charge in [0.05, 0.1) is 6.54 Å². The second-order valence-electron chi connectivity index (χ2n) is 3.71. The molecule has 1 heterocycles. The largest absolute Gasteiger partial charge is 0.307 e. The zero-order chi connectivity index (χ0) is 9.84. The molecule has 0 radical (unpaired) electrons. The van der Waals surface area contributed by atoms with Gasteiger partial charge in [0.15, 0.2) is 0 Å². The number of piperazine rings is 1. The Morgan fingerprint density at radius 2 is 2.31 bits per heavy atom. The predicted molar refractivity (Wildman–Crippen MR) is 49.0 cm³/mol. The summed E-state index contributed by atoms with van der Waals surface area (Å²) in [6, 6.07) is 0. The molecule has 4 nitrogen and oxygen atoms in total. The van der Waals surface area contributed by atoms with Crippen molar-refractivity contribution in [3.63, 3.8) is 0 Å². The quantitative estimate of drug-likeness (QED) is 0.656. The van der Waals surface area contributed by atoms with Crippen molar-refractivity contribution in [2.45, 2.75) is 20.3 Å². The zero-order valence-corrected chi connectivity index (χ0v) is 8.17. The van der Waals surface area contributed by atoms with Crippen LogP contribution in [0.5, 0.6) is 0 Å². The molecule has 0 atom stereocenters. The number of nitrogens with zero attached hydrogens (tertiary/aromatic N) is 1. The lowest BCUT2D eigenvalue weighted by Crippen LogP contribution is -2.50. The van der Waals surface area contributed by atoms with Crippen LogP contribution in [0.4, 0.5) is 0 Å². The van der Waals surface area contributed by atoms with Crippen LogP contribution in [0.15, 0.2) is 0 Å². The Balaban J connectivity index is 2.49. The van der Waals surface area contributed by atoms with Crippen LogP contribution in [0.2, 0.25) is 0 Å². The minimum absolute atomic E-state index is 0.0403. The Bertz CT molecular complexity index is 214. The molecule has 74 valence electrons. The molecule has 1 aliphatic rings. The van der Waals surface area contributed by atoms with Crippen LogP contribution < -0.4 is 5.32 Å². The fourth-order valence-electron chi connectivity index (χ4n) is 1.33. The van der Waals surface area contributed by atoms with Gasteiger partial charge in [-0.3, -0.25) is 14.5 Å². The van der Waals surface area contributed by atoms with Gasteiger partial charge in [0.2, 0.25) is 11.8 Å². The molecule has 0 aromatic rings. The fourth-order valence-corrected chi connectivity index (χ4v) is 1.33. The Morgan fingerprint density at radius 1 is 1.62 bits per heavy atom. The Hall–Kier alpha value is -0.900. The maximum atomic E-state index is 11.5. The molecule has 0 spiro atoms. The summed E-state index contributed by atoms with van der Waals surface area (Å²) in [7, 11) is 0. The molecule has 4 heteroatoms. The Kier molecular flexibility index (Phi) is 3.42. The second-order valence-corrected chi connectivity index (χ2v) is 3.71. The number of imide groups is 1. The summed E-state index contributed by atoms with van der Waals surface area (Å²) in [4.78, 5) is 24.1. The van der Waals surface area contributed by atoms with E-state index in [2.05, 4.69) is 5.32 Å². The van der Waals surface area contributed by atoms with Crippen molar-refractivity contribution in [2.75, 3.05) is 19.6 Å². The van der Waals surface area contributed by atoms with Gasteiger partial charge < -0.3 is 5.32 Å². The smallest absolute Gasteiger partial charge is 0.243 e. The standard InChI is InChI=1S/C9H16N2O2/c1-7(2)5-8(12)11-4-3-10-6-9(11)13/h7,10H,3-6H2,1-2H3. The minimum Gasteiger partial charge on any atom is -0.307 e. The van der Waals surface area contributed by atoms with Gasteiger partial charge in [-0.2, -0.15) is 0 Å². The second kappa shape index (κ2) is 4.37. The molecule has 13 heavy (non-hydrogen) atoms. The van der Waals surface area contributed by atoms with Crippen molar-refractivity contribution >= 4 is 11.8 Å². The molecule has 0 aromatic heterocycles. The molecule has 0 bridgehead atoms. The van der Waals surface area contributed by atoms with Crippen LogP contribution in [-0.4, -0.2) is 36.3 Å². The van der Waals surface area contributed by atoms with E-state index in [1.54, 1.807) is 0 Å². The summed E-state index contributed by atoms with van der Waals surface area (Å²) >= 11 is 0. The molecule has 0 unspecified atom stereocenters. The Labute approximate surface area is 78.3 Å². The van der Waals surface area contributed by atoms with Crippen molar-refractivity contribution in [2.24, 2.45) is 5.92 Å². The number of hydrogen-bond donors (Lipinski definition) is 1. The average molecular weight is 184 g/mol. The third kappa shape index (κ3) is 2.81. The summed E-state index contributed by atoms with van der Waals surface area (Å²) in [6.45, 7) is 5.49. The summed E-state index contributed by atoms with van der Waals surface area (Å²) in [5.74, 6) is 0.175. The Morgan fingerprint density at radius 3 is 2.85 bits per heavy atom. The van der Waals surface area contributed by atoms with Crippen molar-refractivity contribution in [1.82, 2.24) is 10.2 Å². The molecule has 1 fully saturated rings. The summed E-state index contributed by atoms with van der Waals surface area (Å²) in [5.41, 5.74) is 0. The van der Waals surface area contributed by atoms with Crippen molar-refractivity contribution in [1.29, 1.82) is 0 Å². The van der Waals surface area contributed by atoms with Gasteiger partial charge in [0.1, 0.15) is 0 Å². The van der Waals surface area contributed by atoms with Gasteiger partial charge in [-0.15, -0.1) is 0 Å². The third-order valence-electron chi connectivity index (χ3n) is 1.97. The molecule has 1 N–H and O–H groups in total. The van der Waals surface area contributed by atoms with Crippen LogP contribution in [0.25, 0.3) is 0 Å². The topological polar surface area (TPSA) is 49.4 Å². The minimum atomic E-state index is -0.100. The van der Waals surface area contributed by atoms with E-state index in [9.17, 15) is 9.59 Å². The van der Waals surface area contributed by atoms with E-state index in [1.165, 1.54) is 4.90 Å². The monoisotopic (exact) mass is 184 g/mol. The van der Waals surface area contributed by atoms with Crippen molar-refractivity contribution in [3.8, 4) is 0 Å². The summed E-state index contributed by atoms with van der Waals surface area (Å²) < 4.78 is 0. The van der Waals surface area contributed by atoms with E-state index in [-0.39, 0.29) is 11.8 Å². The fraction of sp³-hybridized carbons (Fsp3) is 0.778. The lowest BCUT2D eigenvalue weighted by atomic mass is 10.1. The van der Waals surface area contributed by atoms with E-state index < -0.39 is 0 Å². The molecule has 0 aliphatic carbocycles. The van der Waals surface area contributed by atoms with E-state index in [0.29, 0.717) is 25.4 Å². The molecule has 1 rings (SSSR count).